The molecule has 86 heavy (non-hydrogen) atoms. The van der Waals surface area contributed by atoms with E-state index in [1.165, 1.54) is 244 Å². The lowest BCUT2D eigenvalue weighted by Crippen LogP contribution is -2.65. The third-order valence-electron chi connectivity index (χ3n) is 17.8. The van der Waals surface area contributed by atoms with Crippen LogP contribution in [0.4, 0.5) is 0 Å². The van der Waals surface area contributed by atoms with E-state index in [1.54, 1.807) is 6.08 Å². The van der Waals surface area contributed by atoms with Crippen molar-refractivity contribution in [2.75, 3.05) is 19.8 Å². The molecular weight excluding hydrogens is 1090 g/mol. The van der Waals surface area contributed by atoms with Gasteiger partial charge in [0.1, 0.15) is 48.8 Å². The Hall–Kier alpha value is -1.79. The number of aliphatic hydroxyl groups excluding tert-OH is 8. The van der Waals surface area contributed by atoms with Gasteiger partial charge in [-0.05, 0) is 44.9 Å². The molecule has 0 radical (unpaired) electrons. The maximum absolute atomic E-state index is 13.3. The molecule has 0 aromatic rings. The summed E-state index contributed by atoms with van der Waals surface area (Å²) in [4.78, 5) is 13.3. The van der Waals surface area contributed by atoms with Gasteiger partial charge in [-0.1, -0.05) is 307 Å². The highest BCUT2D eigenvalue weighted by molar-refractivity contribution is 5.76. The van der Waals surface area contributed by atoms with Gasteiger partial charge < -0.3 is 65.1 Å². The van der Waals surface area contributed by atoms with Crippen molar-refractivity contribution in [3.63, 3.8) is 0 Å². The SMILES string of the molecule is CCCCCCCCCCC/C=C/CC/C=C/CC/C=C/C(O)C(COC1OC(CO)C(OC2OC(CO)C(O)C(O)C2O)C(O)C1O)NC(=O)CCCCCCCCCCCCCCCCCCCCCCCCCCCCCCCCCCC. The molecule has 2 rings (SSSR count). The zero-order valence-electron chi connectivity index (χ0n) is 55.1. The topological polar surface area (TPSA) is 228 Å². The molecule has 0 aromatic carbocycles. The molecule has 12 unspecified atom stereocenters. The Morgan fingerprint density at radius 3 is 1.14 bits per heavy atom. The zero-order chi connectivity index (χ0) is 62.3. The van der Waals surface area contributed by atoms with Gasteiger partial charge in [0.15, 0.2) is 12.6 Å². The van der Waals surface area contributed by atoms with Gasteiger partial charge in [0.25, 0.3) is 0 Å². The predicted molar refractivity (Wildman–Crippen MR) is 351 cm³/mol. The summed E-state index contributed by atoms with van der Waals surface area (Å²) in [5, 5.41) is 87.4. The first-order valence-electron chi connectivity index (χ1n) is 36.2. The van der Waals surface area contributed by atoms with E-state index in [9.17, 15) is 45.6 Å². The van der Waals surface area contributed by atoms with E-state index >= 15 is 0 Å². The molecule has 12 atom stereocenters. The van der Waals surface area contributed by atoms with E-state index in [2.05, 4.69) is 43.5 Å². The molecule has 1 amide bonds. The minimum absolute atomic E-state index is 0.247. The average Bonchev–Trinajstić information content (AvgIpc) is 2.72. The van der Waals surface area contributed by atoms with Crippen LogP contribution in [0.5, 0.6) is 0 Å². The van der Waals surface area contributed by atoms with E-state index in [0.717, 1.165) is 44.9 Å². The molecule has 0 aliphatic carbocycles. The van der Waals surface area contributed by atoms with Gasteiger partial charge in [0.05, 0.1) is 32.0 Å². The van der Waals surface area contributed by atoms with Crippen molar-refractivity contribution < 1.29 is 64.6 Å². The van der Waals surface area contributed by atoms with Gasteiger partial charge in [-0.3, -0.25) is 4.79 Å². The van der Waals surface area contributed by atoms with Crippen LogP contribution in [0.2, 0.25) is 0 Å². The highest BCUT2D eigenvalue weighted by Gasteiger charge is 2.51. The minimum atomic E-state index is -1.79. The Kier molecular flexibility index (Phi) is 53.4. The molecule has 506 valence electrons. The Morgan fingerprint density at radius 2 is 0.744 bits per heavy atom. The third-order valence-corrected chi connectivity index (χ3v) is 17.8. The van der Waals surface area contributed by atoms with E-state index in [-0.39, 0.29) is 18.9 Å². The number of ether oxygens (including phenoxy) is 4. The molecule has 2 fully saturated rings. The van der Waals surface area contributed by atoms with Crippen LogP contribution in [0, 0.1) is 0 Å². The molecule has 2 aliphatic heterocycles. The molecule has 14 nitrogen and oxygen atoms in total. The summed E-state index contributed by atoms with van der Waals surface area (Å²) in [6.45, 7) is 2.82. The fourth-order valence-electron chi connectivity index (χ4n) is 12.0. The first-order chi connectivity index (χ1) is 42.1. The number of hydrogen-bond acceptors (Lipinski definition) is 13. The number of amides is 1. The van der Waals surface area contributed by atoms with Gasteiger partial charge in [-0.2, -0.15) is 0 Å². The molecule has 0 bridgehead atoms. The maximum Gasteiger partial charge on any atom is 0.220 e. The molecule has 2 saturated heterocycles. The summed E-state index contributed by atoms with van der Waals surface area (Å²) in [5.41, 5.74) is 0. The van der Waals surface area contributed by atoms with Crippen LogP contribution in [0.25, 0.3) is 0 Å². The number of rotatable bonds is 60. The first-order valence-corrected chi connectivity index (χ1v) is 36.2. The summed E-state index contributed by atoms with van der Waals surface area (Å²) in [5.74, 6) is -0.247. The van der Waals surface area contributed by atoms with Crippen LogP contribution in [-0.4, -0.2) is 140 Å². The zero-order valence-corrected chi connectivity index (χ0v) is 55.1. The summed E-state index contributed by atoms with van der Waals surface area (Å²) in [6.07, 6.45) is 56.5. The molecule has 2 aliphatic rings. The van der Waals surface area contributed by atoms with E-state index in [1.807, 2.05) is 6.08 Å². The van der Waals surface area contributed by atoms with Crippen LogP contribution >= 0.6 is 0 Å². The fraction of sp³-hybridized carbons (Fsp3) is 0.903. The Balaban J connectivity index is 1.64. The lowest BCUT2D eigenvalue weighted by atomic mass is 9.97. The highest BCUT2D eigenvalue weighted by atomic mass is 16.7. The van der Waals surface area contributed by atoms with Crippen molar-refractivity contribution in [2.24, 2.45) is 0 Å². The van der Waals surface area contributed by atoms with Gasteiger partial charge in [-0.25, -0.2) is 0 Å². The second-order valence-electron chi connectivity index (χ2n) is 25.7. The molecule has 9 N–H and O–H groups in total. The molecule has 0 aromatic heterocycles. The van der Waals surface area contributed by atoms with Crippen molar-refractivity contribution in [3.8, 4) is 0 Å². The predicted octanol–water partition coefficient (Wildman–Crippen LogP) is 14.9. The quantitative estimate of drug-likeness (QED) is 0.0204. The first kappa shape index (κ1) is 80.3. The van der Waals surface area contributed by atoms with Crippen molar-refractivity contribution in [1.29, 1.82) is 0 Å². The van der Waals surface area contributed by atoms with E-state index in [0.29, 0.717) is 12.8 Å². The molecular formula is C72H135NO13. The highest BCUT2D eigenvalue weighted by Crippen LogP contribution is 2.30. The van der Waals surface area contributed by atoms with E-state index in [4.69, 9.17) is 18.9 Å². The minimum Gasteiger partial charge on any atom is -0.394 e. The smallest absolute Gasteiger partial charge is 0.220 e. The number of nitrogens with one attached hydrogen (secondary N) is 1. The number of carbonyl (C=O) groups is 1. The van der Waals surface area contributed by atoms with Crippen LogP contribution in [0.3, 0.4) is 0 Å². The number of carbonyl (C=O) groups excluding carboxylic acids is 1. The molecule has 2 heterocycles. The van der Waals surface area contributed by atoms with Crippen LogP contribution in [-0.2, 0) is 23.7 Å². The lowest BCUT2D eigenvalue weighted by molar-refractivity contribution is -0.359. The summed E-state index contributed by atoms with van der Waals surface area (Å²) >= 11 is 0. The van der Waals surface area contributed by atoms with Crippen LogP contribution in [0.15, 0.2) is 36.5 Å². The Bertz CT molecular complexity index is 1580. The Labute approximate surface area is 525 Å². The summed E-state index contributed by atoms with van der Waals surface area (Å²) < 4.78 is 22.8. The van der Waals surface area contributed by atoms with Gasteiger partial charge in [0.2, 0.25) is 5.91 Å². The van der Waals surface area contributed by atoms with Crippen LogP contribution in [0.1, 0.15) is 322 Å². The summed E-state index contributed by atoms with van der Waals surface area (Å²) in [6, 6.07) is -0.937. The fourth-order valence-corrected chi connectivity index (χ4v) is 12.0. The molecule has 14 heteroatoms. The second-order valence-corrected chi connectivity index (χ2v) is 25.7. The van der Waals surface area contributed by atoms with Gasteiger partial charge in [0, 0.05) is 6.42 Å². The van der Waals surface area contributed by atoms with Crippen molar-refractivity contribution >= 4 is 5.91 Å². The average molecular weight is 1220 g/mol. The maximum atomic E-state index is 13.3. The number of allylic oxidation sites excluding steroid dienone is 5. The van der Waals surface area contributed by atoms with Gasteiger partial charge in [-0.15, -0.1) is 0 Å². The third kappa shape index (κ3) is 40.8. The second kappa shape index (κ2) is 57.1. The number of unbranched alkanes of at least 4 members (excludes halogenated alkanes) is 43. The monoisotopic (exact) mass is 1220 g/mol. The normalized spacial score (nSPS) is 23.6. The van der Waals surface area contributed by atoms with Crippen molar-refractivity contribution in [1.82, 2.24) is 5.32 Å². The number of hydrogen-bond donors (Lipinski definition) is 9. The Morgan fingerprint density at radius 1 is 0.407 bits per heavy atom. The summed E-state index contributed by atoms with van der Waals surface area (Å²) in [7, 11) is 0. The number of aliphatic hydroxyl groups is 8. The standard InChI is InChI=1S/C72H135NO13/c1-3-5-7-9-11-13-15-17-19-21-23-24-25-26-27-28-29-30-31-32-33-34-35-36-38-40-42-44-46-48-50-52-54-56-64(77)73-60(61(76)55-53-51-49-47-45-43-41-39-37-22-20-18-16-14-12-10-8-6-4-2)59-83-71-69(82)67(80)70(63(58-75)85-71)86-72-68(81)66(79)65(78)62(57-74)84-72/h37,39,45,47,53,55,60-63,65-72,74-76,78-82H,3-36,38,40-44,46,48-52,54,56-59H2,1-2H3,(H,73,77)/b39-37+,47-45+,55-53+. The molecule has 0 spiro atoms. The van der Waals surface area contributed by atoms with Crippen molar-refractivity contribution in [3.05, 3.63) is 36.5 Å². The molecule has 0 saturated carbocycles. The lowest BCUT2D eigenvalue weighted by Gasteiger charge is -2.46. The van der Waals surface area contributed by atoms with Crippen LogP contribution < -0.4 is 5.32 Å². The van der Waals surface area contributed by atoms with E-state index < -0.39 is 86.8 Å². The van der Waals surface area contributed by atoms with Crippen molar-refractivity contribution in [2.45, 2.75) is 396 Å². The largest absolute Gasteiger partial charge is 0.394 e. The van der Waals surface area contributed by atoms with Gasteiger partial charge >= 0.3 is 0 Å².